The Kier molecular flexibility index (Phi) is 2.36. The number of hydrogen-bond acceptors (Lipinski definition) is 3. The van der Waals surface area contributed by atoms with Gasteiger partial charge in [-0.1, -0.05) is 6.07 Å². The number of aryl methyl sites for hydroxylation is 1. The van der Waals surface area contributed by atoms with Gasteiger partial charge in [-0.25, -0.2) is 4.98 Å². The smallest absolute Gasteiger partial charge is 0.254 e. The number of amides is 2. The molecular formula is C13H15N3O2. The number of nitrogens with zero attached hydrogens (tertiary/aromatic N) is 3. The van der Waals surface area contributed by atoms with Crippen LogP contribution in [-0.4, -0.2) is 40.8 Å². The minimum Gasteiger partial charge on any atom is -0.329 e. The zero-order valence-electron chi connectivity index (χ0n) is 10.3. The second kappa shape index (κ2) is 3.80. The van der Waals surface area contributed by atoms with Crippen LogP contribution in [0.3, 0.4) is 0 Å². The molecule has 1 aromatic rings. The zero-order chi connectivity index (χ0) is 12.8. The van der Waals surface area contributed by atoms with Crippen molar-refractivity contribution in [3.63, 3.8) is 0 Å². The van der Waals surface area contributed by atoms with Crippen molar-refractivity contribution < 1.29 is 9.59 Å². The van der Waals surface area contributed by atoms with Crippen molar-refractivity contribution in [3.05, 3.63) is 23.9 Å². The number of carbonyl (C=O) groups is 2. The van der Waals surface area contributed by atoms with Crippen LogP contribution in [0.5, 0.6) is 0 Å². The number of carbonyl (C=O) groups excluding carboxylic acids is 2. The number of aromatic nitrogens is 1. The van der Waals surface area contributed by atoms with Crippen LogP contribution in [0.2, 0.25) is 0 Å². The van der Waals surface area contributed by atoms with Gasteiger partial charge in [0, 0.05) is 19.3 Å². The summed E-state index contributed by atoms with van der Waals surface area (Å²) >= 11 is 0. The van der Waals surface area contributed by atoms with E-state index in [4.69, 9.17) is 0 Å². The number of rotatable bonds is 2. The van der Waals surface area contributed by atoms with E-state index in [1.54, 1.807) is 16.0 Å². The molecule has 1 saturated heterocycles. The molecule has 0 N–H and O–H groups in total. The van der Waals surface area contributed by atoms with Crippen LogP contribution >= 0.6 is 0 Å². The van der Waals surface area contributed by atoms with Gasteiger partial charge >= 0.3 is 0 Å². The Labute approximate surface area is 105 Å². The van der Waals surface area contributed by atoms with Gasteiger partial charge in [0.05, 0.1) is 0 Å². The summed E-state index contributed by atoms with van der Waals surface area (Å²) in [4.78, 5) is 31.1. The van der Waals surface area contributed by atoms with Gasteiger partial charge in [-0.05, 0) is 31.4 Å². The van der Waals surface area contributed by atoms with Gasteiger partial charge in [-0.2, -0.15) is 0 Å². The fourth-order valence-electron chi connectivity index (χ4n) is 2.51. The lowest BCUT2D eigenvalue weighted by Gasteiger charge is -2.38. The van der Waals surface area contributed by atoms with Crippen molar-refractivity contribution in [2.24, 2.45) is 0 Å². The fourth-order valence-corrected chi connectivity index (χ4v) is 2.51. The molecule has 0 unspecified atom stereocenters. The molecule has 2 amide bonds. The topological polar surface area (TPSA) is 53.5 Å². The molecule has 2 heterocycles. The summed E-state index contributed by atoms with van der Waals surface area (Å²) in [6.07, 6.45) is 4.10. The molecule has 0 aromatic carbocycles. The van der Waals surface area contributed by atoms with E-state index in [9.17, 15) is 9.59 Å². The number of pyridine rings is 1. The van der Waals surface area contributed by atoms with Crippen LogP contribution < -0.4 is 4.90 Å². The van der Waals surface area contributed by atoms with E-state index < -0.39 is 5.54 Å². The van der Waals surface area contributed by atoms with E-state index in [1.807, 2.05) is 19.1 Å². The molecule has 2 fully saturated rings. The van der Waals surface area contributed by atoms with E-state index in [0.717, 1.165) is 24.8 Å². The van der Waals surface area contributed by atoms with E-state index in [1.165, 1.54) is 0 Å². The molecule has 1 aliphatic heterocycles. The van der Waals surface area contributed by atoms with E-state index >= 15 is 0 Å². The Morgan fingerprint density at radius 1 is 1.33 bits per heavy atom. The molecule has 1 aromatic heterocycles. The molecular weight excluding hydrogens is 230 g/mol. The van der Waals surface area contributed by atoms with Crippen LogP contribution in [-0.2, 0) is 9.59 Å². The van der Waals surface area contributed by atoms with Crippen molar-refractivity contribution in [1.82, 2.24) is 9.88 Å². The highest BCUT2D eigenvalue weighted by atomic mass is 16.2. The molecule has 2 aliphatic rings. The third kappa shape index (κ3) is 1.50. The summed E-state index contributed by atoms with van der Waals surface area (Å²) in [5, 5.41) is 0. The number of anilines is 1. The maximum atomic E-state index is 12.4. The molecule has 5 heteroatoms. The Morgan fingerprint density at radius 3 is 2.67 bits per heavy atom. The number of piperazine rings is 1. The maximum absolute atomic E-state index is 12.4. The van der Waals surface area contributed by atoms with E-state index in [2.05, 4.69) is 4.98 Å². The van der Waals surface area contributed by atoms with Crippen molar-refractivity contribution in [1.29, 1.82) is 0 Å². The lowest BCUT2D eigenvalue weighted by molar-refractivity contribution is -0.135. The molecule has 18 heavy (non-hydrogen) atoms. The first-order chi connectivity index (χ1) is 8.67. The predicted octanol–water partition coefficient (Wildman–Crippen LogP) is 0.728. The lowest BCUT2D eigenvalue weighted by atomic mass is 10.1. The molecule has 1 saturated carbocycles. The monoisotopic (exact) mass is 245 g/mol. The van der Waals surface area contributed by atoms with E-state index in [-0.39, 0.29) is 5.91 Å². The minimum absolute atomic E-state index is 0.0113. The standard InChI is InChI=1S/C13H15N3O2/c1-10-2-3-11(14-8-10)16-7-6-15(9-17)13(4-5-13)12(16)18/h2-3,8-9H,4-7H2,1H3. The Morgan fingerprint density at radius 2 is 2.11 bits per heavy atom. The molecule has 0 atom stereocenters. The van der Waals surface area contributed by atoms with Crippen LogP contribution in [0, 0.1) is 6.92 Å². The second-order valence-electron chi connectivity index (χ2n) is 4.98. The van der Waals surface area contributed by atoms with Gasteiger partial charge in [0.15, 0.2) is 0 Å². The third-order valence-electron chi connectivity index (χ3n) is 3.78. The summed E-state index contributed by atoms with van der Waals surface area (Å²) in [7, 11) is 0. The van der Waals surface area contributed by atoms with Gasteiger partial charge in [0.25, 0.3) is 5.91 Å². The molecule has 0 bridgehead atoms. The fraction of sp³-hybridized carbons (Fsp3) is 0.462. The highest BCUT2D eigenvalue weighted by molar-refractivity contribution is 6.03. The Balaban J connectivity index is 1.89. The average Bonchev–Trinajstić information content (AvgIpc) is 3.16. The molecule has 5 nitrogen and oxygen atoms in total. The molecule has 1 aliphatic carbocycles. The first-order valence-corrected chi connectivity index (χ1v) is 6.14. The van der Waals surface area contributed by atoms with Crippen LogP contribution in [0.25, 0.3) is 0 Å². The zero-order valence-corrected chi connectivity index (χ0v) is 10.3. The SMILES string of the molecule is Cc1ccc(N2CCN(C=O)C3(CC3)C2=O)nc1. The first-order valence-electron chi connectivity index (χ1n) is 6.14. The first kappa shape index (κ1) is 11.2. The largest absolute Gasteiger partial charge is 0.329 e. The lowest BCUT2D eigenvalue weighted by Crippen LogP contribution is -2.58. The predicted molar refractivity (Wildman–Crippen MR) is 66.1 cm³/mol. The highest BCUT2D eigenvalue weighted by Gasteiger charge is 2.58. The summed E-state index contributed by atoms with van der Waals surface area (Å²) in [6.45, 7) is 3.07. The molecule has 94 valence electrons. The van der Waals surface area contributed by atoms with Crippen molar-refractivity contribution in [3.8, 4) is 0 Å². The number of hydrogen-bond donors (Lipinski definition) is 0. The van der Waals surface area contributed by atoms with Gasteiger partial charge in [0.2, 0.25) is 6.41 Å². The quantitative estimate of drug-likeness (QED) is 0.722. The molecule has 0 radical (unpaired) electrons. The minimum atomic E-state index is -0.563. The average molecular weight is 245 g/mol. The van der Waals surface area contributed by atoms with E-state index in [0.29, 0.717) is 18.9 Å². The summed E-state index contributed by atoms with van der Waals surface area (Å²) in [5.74, 6) is 0.694. The third-order valence-corrected chi connectivity index (χ3v) is 3.78. The summed E-state index contributed by atoms with van der Waals surface area (Å²) in [6, 6.07) is 3.81. The van der Waals surface area contributed by atoms with Crippen molar-refractivity contribution >= 4 is 18.1 Å². The second-order valence-corrected chi connectivity index (χ2v) is 4.98. The van der Waals surface area contributed by atoms with Crippen LogP contribution in [0.15, 0.2) is 18.3 Å². The Hall–Kier alpha value is -1.91. The summed E-state index contributed by atoms with van der Waals surface area (Å²) in [5.41, 5.74) is 0.505. The normalized spacial score (nSPS) is 21.3. The van der Waals surface area contributed by atoms with Crippen LogP contribution in [0.1, 0.15) is 18.4 Å². The molecule has 3 rings (SSSR count). The molecule has 1 spiro atoms. The van der Waals surface area contributed by atoms with Gasteiger partial charge < -0.3 is 4.90 Å². The van der Waals surface area contributed by atoms with Gasteiger partial charge in [-0.3, -0.25) is 14.5 Å². The van der Waals surface area contributed by atoms with Gasteiger partial charge in [-0.15, -0.1) is 0 Å². The van der Waals surface area contributed by atoms with Gasteiger partial charge in [0.1, 0.15) is 11.4 Å². The van der Waals surface area contributed by atoms with Crippen LogP contribution in [0.4, 0.5) is 5.82 Å². The highest BCUT2D eigenvalue weighted by Crippen LogP contribution is 2.45. The Bertz CT molecular complexity index is 493. The van der Waals surface area contributed by atoms with Crippen molar-refractivity contribution in [2.75, 3.05) is 18.0 Å². The maximum Gasteiger partial charge on any atom is 0.254 e. The summed E-state index contributed by atoms with van der Waals surface area (Å²) < 4.78 is 0. The van der Waals surface area contributed by atoms with Crippen molar-refractivity contribution in [2.45, 2.75) is 25.3 Å².